The van der Waals surface area contributed by atoms with Crippen LogP contribution in [0.15, 0.2) is 54.1 Å². The predicted octanol–water partition coefficient (Wildman–Crippen LogP) is 1.84. The molecule has 1 heterocycles. The summed E-state index contributed by atoms with van der Waals surface area (Å²) in [7, 11) is 1.50. The molecule has 4 heteroatoms. The summed E-state index contributed by atoms with van der Waals surface area (Å²) in [5.74, 6) is -1.26. The van der Waals surface area contributed by atoms with Crippen LogP contribution < -0.4 is 0 Å². The Hall–Kier alpha value is -2.20. The van der Waals surface area contributed by atoms with Gasteiger partial charge in [-0.1, -0.05) is 43.0 Å². The monoisotopic (exact) mass is 283 g/mol. The Bertz CT molecular complexity index is 647. The number of allylic oxidation sites excluding steroid dienone is 1. The molecule has 1 aromatic carbocycles. The van der Waals surface area contributed by atoms with Crippen molar-refractivity contribution in [2.75, 3.05) is 7.05 Å². The lowest BCUT2D eigenvalue weighted by Gasteiger charge is -2.27. The van der Waals surface area contributed by atoms with Gasteiger partial charge in [-0.3, -0.25) is 14.5 Å². The summed E-state index contributed by atoms with van der Waals surface area (Å²) in [6.45, 7) is 3.98. The van der Waals surface area contributed by atoms with Crippen LogP contribution >= 0.6 is 0 Å². The Morgan fingerprint density at radius 2 is 1.90 bits per heavy atom. The number of hydrogen-bond donors (Lipinski definition) is 1. The lowest BCUT2D eigenvalue weighted by Crippen LogP contribution is -2.27. The second kappa shape index (κ2) is 4.97. The van der Waals surface area contributed by atoms with Crippen LogP contribution in [-0.2, 0) is 9.59 Å². The topological polar surface area (TPSA) is 57.6 Å². The van der Waals surface area contributed by atoms with Crippen molar-refractivity contribution in [3.8, 4) is 0 Å². The zero-order chi connectivity index (χ0) is 15.1. The molecule has 3 rings (SSSR count). The Kier molecular flexibility index (Phi) is 3.26. The third-order valence-electron chi connectivity index (χ3n) is 4.39. The smallest absolute Gasteiger partial charge is 0.237 e. The second-order valence-corrected chi connectivity index (χ2v) is 5.55. The lowest BCUT2D eigenvalue weighted by molar-refractivity contribution is -0.137. The highest BCUT2D eigenvalue weighted by atomic mass is 16.3. The molecule has 1 fully saturated rings. The first-order chi connectivity index (χ1) is 10.0. The number of benzene rings is 1. The molecule has 0 radical (unpaired) electrons. The van der Waals surface area contributed by atoms with Crippen LogP contribution in [0, 0.1) is 11.8 Å². The van der Waals surface area contributed by atoms with Crippen molar-refractivity contribution in [2.45, 2.75) is 12.5 Å². The maximum Gasteiger partial charge on any atom is 0.237 e. The molecule has 1 aromatic rings. The van der Waals surface area contributed by atoms with Crippen LogP contribution in [0.25, 0.3) is 0 Å². The van der Waals surface area contributed by atoms with E-state index in [1.807, 2.05) is 36.4 Å². The van der Waals surface area contributed by atoms with E-state index in [-0.39, 0.29) is 17.7 Å². The first-order valence-electron chi connectivity index (χ1n) is 6.96. The first-order valence-corrected chi connectivity index (χ1v) is 6.96. The molecule has 1 aliphatic heterocycles. The van der Waals surface area contributed by atoms with Gasteiger partial charge in [0.2, 0.25) is 11.8 Å². The zero-order valence-electron chi connectivity index (χ0n) is 11.8. The van der Waals surface area contributed by atoms with E-state index < -0.39 is 12.0 Å². The van der Waals surface area contributed by atoms with E-state index in [1.54, 1.807) is 0 Å². The molecule has 3 atom stereocenters. The zero-order valence-corrected chi connectivity index (χ0v) is 11.8. The number of likely N-dealkylation sites (tertiary alicyclic amines) is 1. The highest BCUT2D eigenvalue weighted by Gasteiger charge is 2.49. The fourth-order valence-electron chi connectivity index (χ4n) is 3.18. The van der Waals surface area contributed by atoms with E-state index in [4.69, 9.17) is 0 Å². The van der Waals surface area contributed by atoms with Gasteiger partial charge in [-0.25, -0.2) is 0 Å². The van der Waals surface area contributed by atoms with Crippen LogP contribution in [0.4, 0.5) is 0 Å². The maximum atomic E-state index is 12.2. The molecule has 0 saturated carbocycles. The maximum absolute atomic E-state index is 12.2. The van der Waals surface area contributed by atoms with Crippen molar-refractivity contribution < 1.29 is 14.7 Å². The van der Waals surface area contributed by atoms with E-state index in [0.29, 0.717) is 17.6 Å². The number of carbonyl (C=O) groups excluding carboxylic acids is 2. The summed E-state index contributed by atoms with van der Waals surface area (Å²) in [4.78, 5) is 25.4. The third kappa shape index (κ3) is 2.03. The number of nitrogens with zero attached hydrogens (tertiary/aromatic N) is 1. The van der Waals surface area contributed by atoms with Gasteiger partial charge in [0.1, 0.15) is 6.10 Å². The number of aliphatic hydroxyl groups excluding tert-OH is 1. The summed E-state index contributed by atoms with van der Waals surface area (Å²) in [6, 6.07) is 9.25. The Labute approximate surface area is 123 Å². The minimum Gasteiger partial charge on any atom is -0.384 e. The van der Waals surface area contributed by atoms with E-state index in [1.165, 1.54) is 11.9 Å². The van der Waals surface area contributed by atoms with E-state index in [2.05, 4.69) is 6.58 Å². The Morgan fingerprint density at radius 3 is 2.57 bits per heavy atom. The van der Waals surface area contributed by atoms with Gasteiger partial charge in [0.25, 0.3) is 0 Å². The van der Waals surface area contributed by atoms with Gasteiger partial charge in [0, 0.05) is 7.05 Å². The van der Waals surface area contributed by atoms with E-state index in [0.717, 1.165) is 5.56 Å². The number of carbonyl (C=O) groups is 2. The summed E-state index contributed by atoms with van der Waals surface area (Å²) in [6.07, 6.45) is 1.50. The lowest BCUT2D eigenvalue weighted by atomic mass is 9.75. The molecule has 4 nitrogen and oxygen atoms in total. The molecule has 1 saturated heterocycles. The highest BCUT2D eigenvalue weighted by Crippen LogP contribution is 2.43. The van der Waals surface area contributed by atoms with Crippen LogP contribution in [0.2, 0.25) is 0 Å². The minimum atomic E-state index is -0.812. The van der Waals surface area contributed by atoms with Gasteiger partial charge < -0.3 is 5.11 Å². The van der Waals surface area contributed by atoms with Gasteiger partial charge in [-0.2, -0.15) is 0 Å². The average molecular weight is 283 g/mol. The molecule has 0 aromatic heterocycles. The van der Waals surface area contributed by atoms with Gasteiger partial charge in [0.15, 0.2) is 0 Å². The normalized spacial score (nSPS) is 26.7. The molecular weight excluding hydrogens is 266 g/mol. The van der Waals surface area contributed by atoms with Crippen LogP contribution in [0.5, 0.6) is 0 Å². The van der Waals surface area contributed by atoms with Crippen molar-refractivity contribution in [2.24, 2.45) is 11.8 Å². The summed E-state index contributed by atoms with van der Waals surface area (Å²) < 4.78 is 0. The molecule has 1 aliphatic carbocycles. The number of fused-ring (bicyclic) bond motifs is 1. The average Bonchev–Trinajstić information content (AvgIpc) is 2.73. The van der Waals surface area contributed by atoms with E-state index in [9.17, 15) is 14.7 Å². The number of imide groups is 1. The number of aliphatic hydroxyl groups is 1. The van der Waals surface area contributed by atoms with Crippen LogP contribution in [0.3, 0.4) is 0 Å². The van der Waals surface area contributed by atoms with Gasteiger partial charge in [-0.15, -0.1) is 0 Å². The standard InChI is InChI=1S/C17H17NO3/c1-10-12(15(19)11-6-4-3-5-7-11)8-9-13-14(10)17(21)18(2)16(13)20/h3-8,13-15,19H,1,9H2,2H3. The van der Waals surface area contributed by atoms with Crippen molar-refractivity contribution in [1.82, 2.24) is 4.90 Å². The summed E-state index contributed by atoms with van der Waals surface area (Å²) in [5, 5.41) is 10.5. The molecular formula is C17H17NO3. The first kappa shape index (κ1) is 13.8. The molecule has 1 N–H and O–H groups in total. The molecule has 2 amide bonds. The quantitative estimate of drug-likeness (QED) is 0.843. The SMILES string of the molecule is C=C1C(C(O)c2ccccc2)=CCC2C(=O)N(C)C(=O)C12. The Balaban J connectivity index is 1.93. The summed E-state index contributed by atoms with van der Waals surface area (Å²) >= 11 is 0. The fourth-order valence-corrected chi connectivity index (χ4v) is 3.18. The van der Waals surface area contributed by atoms with Gasteiger partial charge >= 0.3 is 0 Å². The Morgan fingerprint density at radius 1 is 1.24 bits per heavy atom. The van der Waals surface area contributed by atoms with Crippen LogP contribution in [0.1, 0.15) is 18.1 Å². The van der Waals surface area contributed by atoms with Gasteiger partial charge in [0.05, 0.1) is 11.8 Å². The summed E-state index contributed by atoms with van der Waals surface area (Å²) in [5.41, 5.74) is 1.97. The molecule has 2 aliphatic rings. The number of amides is 2. The van der Waals surface area contributed by atoms with Crippen molar-refractivity contribution >= 4 is 11.8 Å². The highest BCUT2D eigenvalue weighted by molar-refractivity contribution is 6.07. The molecule has 108 valence electrons. The largest absolute Gasteiger partial charge is 0.384 e. The third-order valence-corrected chi connectivity index (χ3v) is 4.39. The predicted molar refractivity (Wildman–Crippen MR) is 78.0 cm³/mol. The van der Waals surface area contributed by atoms with Crippen molar-refractivity contribution in [1.29, 1.82) is 0 Å². The number of hydrogen-bond acceptors (Lipinski definition) is 3. The molecule has 0 bridgehead atoms. The van der Waals surface area contributed by atoms with Crippen LogP contribution in [-0.4, -0.2) is 28.9 Å². The van der Waals surface area contributed by atoms with Crippen molar-refractivity contribution in [3.63, 3.8) is 0 Å². The number of rotatable bonds is 2. The molecule has 3 unspecified atom stereocenters. The van der Waals surface area contributed by atoms with E-state index >= 15 is 0 Å². The molecule has 21 heavy (non-hydrogen) atoms. The van der Waals surface area contributed by atoms with Crippen molar-refractivity contribution in [3.05, 3.63) is 59.7 Å². The fraction of sp³-hybridized carbons (Fsp3) is 0.294. The molecule has 0 spiro atoms. The van der Waals surface area contributed by atoms with Gasteiger partial charge in [-0.05, 0) is 23.1 Å². The minimum absolute atomic E-state index is 0.157. The second-order valence-electron chi connectivity index (χ2n) is 5.55.